The molecule has 0 bridgehead atoms. The van der Waals surface area contributed by atoms with Crippen LogP contribution in [0, 0.1) is 10.1 Å². The Morgan fingerprint density at radius 1 is 1.47 bits per heavy atom. The van der Waals surface area contributed by atoms with Crippen molar-refractivity contribution in [1.29, 1.82) is 0 Å². The standard InChI is InChI=1S/C8H10N8O3/c9-15-8-11-3-5(16(17)18)7(14-8)10-2-1-6-12-4-13-19-6/h3-4H,1-2,9H2,(H2,10,11,14,15). The third kappa shape index (κ3) is 3.10. The first-order chi connectivity index (χ1) is 9.20. The molecule has 0 saturated heterocycles. The van der Waals surface area contributed by atoms with E-state index in [4.69, 9.17) is 10.4 Å². The summed E-state index contributed by atoms with van der Waals surface area (Å²) in [6, 6.07) is 0. The smallest absolute Gasteiger partial charge is 0.329 e. The summed E-state index contributed by atoms with van der Waals surface area (Å²) in [7, 11) is 0. The number of nitro groups is 1. The Labute approximate surface area is 106 Å². The Morgan fingerprint density at radius 3 is 2.95 bits per heavy atom. The third-order valence-corrected chi connectivity index (χ3v) is 2.13. The van der Waals surface area contributed by atoms with Gasteiger partial charge in [-0.3, -0.25) is 15.5 Å². The van der Waals surface area contributed by atoms with Gasteiger partial charge in [-0.25, -0.2) is 10.8 Å². The first kappa shape index (κ1) is 12.6. The van der Waals surface area contributed by atoms with E-state index < -0.39 is 4.92 Å². The largest absolute Gasteiger partial charge is 0.364 e. The molecule has 2 aromatic rings. The minimum absolute atomic E-state index is 0.0625. The predicted octanol–water partition coefficient (Wildman–Crippen LogP) is -0.292. The van der Waals surface area contributed by atoms with Crippen molar-refractivity contribution in [2.75, 3.05) is 17.3 Å². The molecule has 0 spiro atoms. The number of aromatic nitrogens is 4. The first-order valence-electron chi connectivity index (χ1n) is 5.18. The van der Waals surface area contributed by atoms with Crippen molar-refractivity contribution in [2.45, 2.75) is 6.42 Å². The maximum absolute atomic E-state index is 10.8. The molecule has 0 atom stereocenters. The molecule has 0 aliphatic heterocycles. The Balaban J connectivity index is 2.06. The number of hydrogen-bond acceptors (Lipinski definition) is 10. The lowest BCUT2D eigenvalue weighted by Crippen LogP contribution is -2.14. The summed E-state index contributed by atoms with van der Waals surface area (Å²) < 4.78 is 4.79. The van der Waals surface area contributed by atoms with Crippen LogP contribution in [0.25, 0.3) is 0 Å². The van der Waals surface area contributed by atoms with Crippen molar-refractivity contribution in [2.24, 2.45) is 5.84 Å². The Hall–Kier alpha value is -2.82. The van der Waals surface area contributed by atoms with Gasteiger partial charge in [-0.2, -0.15) is 9.97 Å². The highest BCUT2D eigenvalue weighted by Gasteiger charge is 2.16. The van der Waals surface area contributed by atoms with Gasteiger partial charge in [0.25, 0.3) is 0 Å². The fraction of sp³-hybridized carbons (Fsp3) is 0.250. The molecule has 11 nitrogen and oxygen atoms in total. The number of nitrogens with one attached hydrogen (secondary N) is 2. The van der Waals surface area contributed by atoms with Gasteiger partial charge in [0.2, 0.25) is 17.7 Å². The van der Waals surface area contributed by atoms with Crippen molar-refractivity contribution < 1.29 is 9.45 Å². The number of hydrazine groups is 1. The highest BCUT2D eigenvalue weighted by atomic mass is 16.6. The van der Waals surface area contributed by atoms with E-state index in [0.29, 0.717) is 18.9 Å². The second-order valence-corrected chi connectivity index (χ2v) is 3.34. The van der Waals surface area contributed by atoms with Gasteiger partial charge in [-0.15, -0.1) is 0 Å². The number of hydrogen-bond donors (Lipinski definition) is 3. The summed E-state index contributed by atoms with van der Waals surface area (Å²) in [4.78, 5) is 21.6. The highest BCUT2D eigenvalue weighted by Crippen LogP contribution is 2.21. The van der Waals surface area contributed by atoms with E-state index in [0.717, 1.165) is 6.20 Å². The van der Waals surface area contributed by atoms with E-state index >= 15 is 0 Å². The zero-order valence-corrected chi connectivity index (χ0v) is 9.61. The van der Waals surface area contributed by atoms with Gasteiger partial charge >= 0.3 is 5.69 Å². The van der Waals surface area contributed by atoms with Crippen molar-refractivity contribution >= 4 is 17.5 Å². The maximum Gasteiger partial charge on any atom is 0.329 e. The molecule has 19 heavy (non-hydrogen) atoms. The lowest BCUT2D eigenvalue weighted by molar-refractivity contribution is -0.384. The maximum atomic E-state index is 10.8. The molecule has 0 amide bonds. The van der Waals surface area contributed by atoms with Crippen LogP contribution in [-0.4, -0.2) is 31.6 Å². The Bertz CT molecular complexity index is 557. The fourth-order valence-electron chi connectivity index (χ4n) is 1.30. The van der Waals surface area contributed by atoms with E-state index in [1.807, 2.05) is 0 Å². The van der Waals surface area contributed by atoms with E-state index in [2.05, 4.69) is 30.9 Å². The van der Waals surface area contributed by atoms with Gasteiger partial charge in [0.1, 0.15) is 6.20 Å². The van der Waals surface area contributed by atoms with Crippen LogP contribution in [0.5, 0.6) is 0 Å². The lowest BCUT2D eigenvalue weighted by atomic mass is 10.4. The molecule has 0 aliphatic rings. The van der Waals surface area contributed by atoms with E-state index in [1.54, 1.807) is 0 Å². The molecule has 4 N–H and O–H groups in total. The van der Waals surface area contributed by atoms with Crippen molar-refractivity contribution in [3.8, 4) is 0 Å². The summed E-state index contributed by atoms with van der Waals surface area (Å²) in [6.07, 6.45) is 2.75. The van der Waals surface area contributed by atoms with Crippen LogP contribution in [-0.2, 0) is 6.42 Å². The molecule has 0 radical (unpaired) electrons. The number of anilines is 2. The quantitative estimate of drug-likeness (QED) is 0.360. The number of nitrogen functional groups attached to an aromatic ring is 1. The van der Waals surface area contributed by atoms with Crippen LogP contribution in [0.15, 0.2) is 17.0 Å². The first-order valence-corrected chi connectivity index (χ1v) is 5.18. The van der Waals surface area contributed by atoms with Gasteiger partial charge in [0, 0.05) is 13.0 Å². The van der Waals surface area contributed by atoms with Gasteiger partial charge in [0.15, 0.2) is 6.33 Å². The zero-order chi connectivity index (χ0) is 13.7. The van der Waals surface area contributed by atoms with Crippen LogP contribution in [0.3, 0.4) is 0 Å². The van der Waals surface area contributed by atoms with Gasteiger partial charge in [-0.1, -0.05) is 5.16 Å². The third-order valence-electron chi connectivity index (χ3n) is 2.13. The average molecular weight is 266 g/mol. The summed E-state index contributed by atoms with van der Waals surface area (Å²) in [5, 5.41) is 17.0. The van der Waals surface area contributed by atoms with Gasteiger partial charge in [0.05, 0.1) is 4.92 Å². The fourth-order valence-corrected chi connectivity index (χ4v) is 1.30. The van der Waals surface area contributed by atoms with Gasteiger partial charge < -0.3 is 9.84 Å². The molecule has 0 aromatic carbocycles. The number of nitrogens with two attached hydrogens (primary N) is 1. The van der Waals surface area contributed by atoms with Crippen molar-refractivity contribution in [1.82, 2.24) is 20.1 Å². The van der Waals surface area contributed by atoms with Crippen LogP contribution in [0.4, 0.5) is 17.5 Å². The van der Waals surface area contributed by atoms with Crippen LogP contribution < -0.4 is 16.6 Å². The molecule has 0 fully saturated rings. The SMILES string of the molecule is NNc1ncc([N+](=O)[O-])c(NCCc2ncno2)n1. The molecule has 11 heteroatoms. The monoisotopic (exact) mass is 266 g/mol. The average Bonchev–Trinajstić information content (AvgIpc) is 2.91. The molecule has 0 aliphatic carbocycles. The molecule has 2 aromatic heterocycles. The number of nitrogens with zero attached hydrogens (tertiary/aromatic N) is 5. The summed E-state index contributed by atoms with van der Waals surface area (Å²) >= 11 is 0. The Morgan fingerprint density at radius 2 is 2.32 bits per heavy atom. The van der Waals surface area contributed by atoms with Crippen LogP contribution in [0.2, 0.25) is 0 Å². The topological polar surface area (TPSA) is 158 Å². The molecule has 100 valence electrons. The lowest BCUT2D eigenvalue weighted by Gasteiger charge is -2.05. The molecule has 0 unspecified atom stereocenters. The number of rotatable bonds is 6. The molecule has 0 saturated carbocycles. The second-order valence-electron chi connectivity index (χ2n) is 3.34. The Kier molecular flexibility index (Phi) is 3.78. The van der Waals surface area contributed by atoms with Crippen molar-refractivity contribution in [3.05, 3.63) is 28.5 Å². The van der Waals surface area contributed by atoms with E-state index in [1.165, 1.54) is 6.33 Å². The van der Waals surface area contributed by atoms with Crippen LogP contribution in [0.1, 0.15) is 5.89 Å². The normalized spacial score (nSPS) is 10.2. The molecule has 2 heterocycles. The molecular weight excluding hydrogens is 256 g/mol. The minimum atomic E-state index is -0.588. The minimum Gasteiger partial charge on any atom is -0.364 e. The highest BCUT2D eigenvalue weighted by molar-refractivity contribution is 5.56. The van der Waals surface area contributed by atoms with E-state index in [9.17, 15) is 10.1 Å². The molecular formula is C8H10N8O3. The predicted molar refractivity (Wildman–Crippen MR) is 63.0 cm³/mol. The van der Waals surface area contributed by atoms with Crippen molar-refractivity contribution in [3.63, 3.8) is 0 Å². The molecule has 2 rings (SSSR count). The second kappa shape index (κ2) is 5.68. The summed E-state index contributed by atoms with van der Waals surface area (Å²) in [5.41, 5.74) is 1.97. The zero-order valence-electron chi connectivity index (χ0n) is 9.61. The summed E-state index contributed by atoms with van der Waals surface area (Å²) in [6.45, 7) is 0.337. The van der Waals surface area contributed by atoms with E-state index in [-0.39, 0.29) is 17.5 Å². The summed E-state index contributed by atoms with van der Waals surface area (Å²) in [5.74, 6) is 5.70. The van der Waals surface area contributed by atoms with Gasteiger partial charge in [-0.05, 0) is 0 Å². The van der Waals surface area contributed by atoms with Crippen LogP contribution >= 0.6 is 0 Å².